The minimum Gasteiger partial charge on any atom is -0.422 e. The van der Waals surface area contributed by atoms with Crippen LogP contribution in [0.1, 0.15) is 25.5 Å². The van der Waals surface area contributed by atoms with Crippen LogP contribution in [0.25, 0.3) is 21.9 Å². The van der Waals surface area contributed by atoms with Crippen LogP contribution in [0.15, 0.2) is 38.3 Å². The maximum atomic E-state index is 12.1. The van der Waals surface area contributed by atoms with E-state index in [1.165, 1.54) is 0 Å². The summed E-state index contributed by atoms with van der Waals surface area (Å²) in [4.78, 5) is 30.3. The second-order valence-electron chi connectivity index (χ2n) is 4.72. The summed E-state index contributed by atoms with van der Waals surface area (Å²) in [6.45, 7) is 3.80. The van der Waals surface area contributed by atoms with Crippen LogP contribution in [0.5, 0.6) is 0 Å². The van der Waals surface area contributed by atoms with E-state index < -0.39 is 11.3 Å². The van der Waals surface area contributed by atoms with Gasteiger partial charge in [-0.1, -0.05) is 26.0 Å². The van der Waals surface area contributed by atoms with Crippen LogP contribution in [-0.4, -0.2) is 9.97 Å². The van der Waals surface area contributed by atoms with Crippen molar-refractivity contribution in [3.63, 3.8) is 0 Å². The minimum atomic E-state index is -0.471. The molecule has 2 aromatic heterocycles. The van der Waals surface area contributed by atoms with Crippen molar-refractivity contribution in [3.05, 3.63) is 50.9 Å². The van der Waals surface area contributed by atoms with Crippen LogP contribution in [0, 0.1) is 0 Å². The van der Waals surface area contributed by atoms with Crippen LogP contribution in [0.3, 0.4) is 0 Å². The maximum Gasteiger partial charge on any atom is 0.347 e. The smallest absolute Gasteiger partial charge is 0.347 e. The minimum absolute atomic E-state index is 0.00209. The van der Waals surface area contributed by atoms with Gasteiger partial charge in [0, 0.05) is 11.1 Å². The second-order valence-corrected chi connectivity index (χ2v) is 4.72. The molecule has 5 nitrogen and oxygen atoms in total. The van der Waals surface area contributed by atoms with Gasteiger partial charge in [0.1, 0.15) is 11.0 Å². The Kier molecular flexibility index (Phi) is 2.48. The van der Waals surface area contributed by atoms with Crippen molar-refractivity contribution in [1.82, 2.24) is 9.97 Å². The van der Waals surface area contributed by atoms with E-state index in [2.05, 4.69) is 9.97 Å². The van der Waals surface area contributed by atoms with E-state index in [0.717, 1.165) is 0 Å². The zero-order valence-corrected chi connectivity index (χ0v) is 10.6. The molecule has 0 atom stereocenters. The molecule has 0 spiro atoms. The van der Waals surface area contributed by atoms with Crippen LogP contribution in [0.4, 0.5) is 0 Å². The number of benzene rings is 1. The van der Waals surface area contributed by atoms with Gasteiger partial charge in [-0.3, -0.25) is 0 Å². The van der Waals surface area contributed by atoms with Crippen molar-refractivity contribution >= 4 is 21.9 Å². The summed E-state index contributed by atoms with van der Waals surface area (Å²) in [6.07, 6.45) is 0. The van der Waals surface area contributed by atoms with Crippen molar-refractivity contribution in [2.24, 2.45) is 0 Å². The number of nitrogens with one attached hydrogen (secondary N) is 1. The number of aromatic nitrogens is 2. The van der Waals surface area contributed by atoms with Crippen molar-refractivity contribution < 1.29 is 4.42 Å². The van der Waals surface area contributed by atoms with Gasteiger partial charge in [-0.25, -0.2) is 9.59 Å². The fourth-order valence-electron chi connectivity index (χ4n) is 2.23. The van der Waals surface area contributed by atoms with Gasteiger partial charge < -0.3 is 9.40 Å². The predicted molar refractivity (Wildman–Crippen MR) is 72.5 cm³/mol. The molecular formula is C14H12N2O3. The maximum absolute atomic E-state index is 12.1. The Balaban J connectivity index is 2.66. The Morgan fingerprint density at radius 2 is 1.95 bits per heavy atom. The average molecular weight is 256 g/mol. The Labute approximate surface area is 107 Å². The molecule has 1 aromatic carbocycles. The molecule has 5 heteroatoms. The molecule has 0 amide bonds. The van der Waals surface area contributed by atoms with Crippen LogP contribution in [0.2, 0.25) is 0 Å². The van der Waals surface area contributed by atoms with E-state index >= 15 is 0 Å². The summed E-state index contributed by atoms with van der Waals surface area (Å²) >= 11 is 0. The Morgan fingerprint density at radius 3 is 2.68 bits per heavy atom. The number of H-pyrrole nitrogens is 1. The molecule has 0 unspecified atom stereocenters. The van der Waals surface area contributed by atoms with Crippen molar-refractivity contribution in [3.8, 4) is 0 Å². The number of rotatable bonds is 1. The molecule has 19 heavy (non-hydrogen) atoms. The van der Waals surface area contributed by atoms with Gasteiger partial charge in [-0.2, -0.15) is 4.98 Å². The summed E-state index contributed by atoms with van der Waals surface area (Å²) in [5.41, 5.74) is 0.481. The summed E-state index contributed by atoms with van der Waals surface area (Å²) in [6, 6.07) is 7.07. The first-order valence-corrected chi connectivity index (χ1v) is 6.03. The van der Waals surface area contributed by atoms with E-state index in [4.69, 9.17) is 4.42 Å². The van der Waals surface area contributed by atoms with Crippen LogP contribution in [-0.2, 0) is 0 Å². The van der Waals surface area contributed by atoms with Gasteiger partial charge in [-0.15, -0.1) is 0 Å². The zero-order chi connectivity index (χ0) is 13.6. The number of aromatic amines is 1. The SMILES string of the molecule is CC(C)c1[nH]c(=O)nc2c1c(=O)oc1ccccc12. The van der Waals surface area contributed by atoms with Gasteiger partial charge in [0.2, 0.25) is 0 Å². The van der Waals surface area contributed by atoms with Gasteiger partial charge in [-0.05, 0) is 18.1 Å². The summed E-state index contributed by atoms with van der Waals surface area (Å²) in [7, 11) is 0. The van der Waals surface area contributed by atoms with Crippen LogP contribution >= 0.6 is 0 Å². The lowest BCUT2D eigenvalue weighted by molar-refractivity contribution is 0.567. The molecule has 0 aliphatic carbocycles. The third-order valence-corrected chi connectivity index (χ3v) is 3.09. The molecule has 2 heterocycles. The highest BCUT2D eigenvalue weighted by atomic mass is 16.4. The Morgan fingerprint density at radius 1 is 1.21 bits per heavy atom. The number of fused-ring (bicyclic) bond motifs is 3. The highest BCUT2D eigenvalue weighted by Crippen LogP contribution is 2.24. The molecule has 0 saturated heterocycles. The summed E-state index contributed by atoms with van der Waals surface area (Å²) in [5.74, 6) is 0.00209. The lowest BCUT2D eigenvalue weighted by Crippen LogP contribution is -2.18. The fraction of sp³-hybridized carbons (Fsp3) is 0.214. The largest absolute Gasteiger partial charge is 0.422 e. The Bertz CT molecular complexity index is 890. The molecule has 3 rings (SSSR count). The number of nitrogens with zero attached hydrogens (tertiary/aromatic N) is 1. The molecule has 3 aromatic rings. The lowest BCUT2D eigenvalue weighted by atomic mass is 10.0. The topological polar surface area (TPSA) is 76.0 Å². The quantitative estimate of drug-likeness (QED) is 0.534. The van der Waals surface area contributed by atoms with Gasteiger partial charge in [0.15, 0.2) is 0 Å². The van der Waals surface area contributed by atoms with Crippen LogP contribution < -0.4 is 11.3 Å². The summed E-state index contributed by atoms with van der Waals surface area (Å²) in [5, 5.41) is 1.03. The lowest BCUT2D eigenvalue weighted by Gasteiger charge is -2.08. The van der Waals surface area contributed by atoms with Crippen molar-refractivity contribution in [1.29, 1.82) is 0 Å². The zero-order valence-electron chi connectivity index (χ0n) is 10.6. The molecule has 0 aliphatic rings. The molecule has 1 N–H and O–H groups in total. The van der Waals surface area contributed by atoms with Gasteiger partial charge in [0.05, 0.1) is 5.52 Å². The first-order valence-electron chi connectivity index (χ1n) is 6.03. The van der Waals surface area contributed by atoms with E-state index in [0.29, 0.717) is 27.6 Å². The highest BCUT2D eigenvalue weighted by molar-refractivity contribution is 6.02. The normalized spacial score (nSPS) is 11.5. The Hall–Kier alpha value is -2.43. The molecular weight excluding hydrogens is 244 g/mol. The van der Waals surface area contributed by atoms with Crippen molar-refractivity contribution in [2.45, 2.75) is 19.8 Å². The third kappa shape index (κ3) is 1.74. The number of para-hydroxylation sites is 1. The highest BCUT2D eigenvalue weighted by Gasteiger charge is 2.15. The van der Waals surface area contributed by atoms with Crippen molar-refractivity contribution in [2.75, 3.05) is 0 Å². The van der Waals surface area contributed by atoms with E-state index in [1.807, 2.05) is 19.9 Å². The van der Waals surface area contributed by atoms with Gasteiger partial charge >= 0.3 is 11.3 Å². The monoisotopic (exact) mass is 256 g/mol. The molecule has 0 bridgehead atoms. The average Bonchev–Trinajstić information content (AvgIpc) is 2.37. The van der Waals surface area contributed by atoms with E-state index in [-0.39, 0.29) is 5.92 Å². The molecule has 0 saturated carbocycles. The van der Waals surface area contributed by atoms with E-state index in [9.17, 15) is 9.59 Å². The number of hydrogen-bond acceptors (Lipinski definition) is 4. The first-order chi connectivity index (χ1) is 9.08. The second kappa shape index (κ2) is 4.05. The number of hydrogen-bond donors (Lipinski definition) is 1. The first kappa shape index (κ1) is 11.6. The third-order valence-electron chi connectivity index (χ3n) is 3.09. The van der Waals surface area contributed by atoms with Gasteiger partial charge in [0.25, 0.3) is 0 Å². The molecule has 0 fully saturated rings. The standard InChI is InChI=1S/C14H12N2O3/c1-7(2)11-10-12(16-14(18)15-11)8-5-3-4-6-9(8)19-13(10)17/h3-7H,1-2H3,(H,15,16,18). The molecule has 96 valence electrons. The molecule has 0 aliphatic heterocycles. The fourth-order valence-corrected chi connectivity index (χ4v) is 2.23. The van der Waals surface area contributed by atoms with E-state index in [1.54, 1.807) is 18.2 Å². The predicted octanol–water partition coefficient (Wildman–Crippen LogP) is 2.15. The molecule has 0 radical (unpaired) electrons. The summed E-state index contributed by atoms with van der Waals surface area (Å²) < 4.78 is 5.29.